The van der Waals surface area contributed by atoms with Crippen LogP contribution in [0.1, 0.15) is 47.2 Å². The van der Waals surface area contributed by atoms with Crippen molar-refractivity contribution in [3.8, 4) is 5.75 Å². The van der Waals surface area contributed by atoms with Crippen molar-refractivity contribution >= 4 is 23.1 Å². The SMILES string of the molecule is COc1ccccc1NC(=O)c1cc(Nc2c(C)cccc2C(C)C)nc(C)n1. The smallest absolute Gasteiger partial charge is 0.274 e. The minimum absolute atomic E-state index is 0.283. The zero-order chi connectivity index (χ0) is 21.0. The number of carbonyl (C=O) groups excluding carboxylic acids is 1. The van der Waals surface area contributed by atoms with E-state index in [1.54, 1.807) is 32.2 Å². The van der Waals surface area contributed by atoms with E-state index in [1.165, 1.54) is 5.56 Å². The van der Waals surface area contributed by atoms with Gasteiger partial charge in [0.05, 0.1) is 12.8 Å². The first-order chi connectivity index (χ1) is 13.9. The van der Waals surface area contributed by atoms with Crippen LogP contribution < -0.4 is 15.4 Å². The summed E-state index contributed by atoms with van der Waals surface area (Å²) in [7, 11) is 1.57. The van der Waals surface area contributed by atoms with Gasteiger partial charge in [0.15, 0.2) is 0 Å². The highest BCUT2D eigenvalue weighted by Crippen LogP contribution is 2.30. The largest absolute Gasteiger partial charge is 0.495 e. The molecule has 3 aromatic rings. The van der Waals surface area contributed by atoms with Crippen molar-refractivity contribution in [2.24, 2.45) is 0 Å². The van der Waals surface area contributed by atoms with Gasteiger partial charge >= 0.3 is 0 Å². The van der Waals surface area contributed by atoms with Crippen LogP contribution in [0, 0.1) is 13.8 Å². The summed E-state index contributed by atoms with van der Waals surface area (Å²) in [4.78, 5) is 21.6. The quantitative estimate of drug-likeness (QED) is 0.603. The molecule has 0 spiro atoms. The molecular formula is C23H26N4O2. The summed E-state index contributed by atoms with van der Waals surface area (Å²) in [6.45, 7) is 8.12. The third kappa shape index (κ3) is 4.71. The number of aryl methyl sites for hydroxylation is 2. The van der Waals surface area contributed by atoms with E-state index in [-0.39, 0.29) is 11.6 Å². The molecule has 0 aliphatic carbocycles. The third-order valence-electron chi connectivity index (χ3n) is 4.61. The maximum Gasteiger partial charge on any atom is 0.274 e. The van der Waals surface area contributed by atoms with Crippen molar-refractivity contribution in [3.05, 3.63) is 71.2 Å². The Balaban J connectivity index is 1.90. The number of nitrogens with zero attached hydrogens (tertiary/aromatic N) is 2. The number of hydrogen-bond acceptors (Lipinski definition) is 5. The Labute approximate surface area is 171 Å². The zero-order valence-electron chi connectivity index (χ0n) is 17.4. The number of nitrogens with one attached hydrogen (secondary N) is 2. The van der Waals surface area contributed by atoms with Gasteiger partial charge in [0.1, 0.15) is 23.1 Å². The van der Waals surface area contributed by atoms with Crippen molar-refractivity contribution in [3.63, 3.8) is 0 Å². The third-order valence-corrected chi connectivity index (χ3v) is 4.61. The van der Waals surface area contributed by atoms with Crippen LogP contribution in [0.25, 0.3) is 0 Å². The summed E-state index contributed by atoms with van der Waals surface area (Å²) >= 11 is 0. The number of anilines is 3. The van der Waals surface area contributed by atoms with Gasteiger partial charge < -0.3 is 15.4 Å². The zero-order valence-corrected chi connectivity index (χ0v) is 17.4. The molecule has 2 N–H and O–H groups in total. The molecule has 29 heavy (non-hydrogen) atoms. The van der Waals surface area contributed by atoms with Crippen molar-refractivity contribution in [1.82, 2.24) is 9.97 Å². The van der Waals surface area contributed by atoms with Crippen molar-refractivity contribution in [2.45, 2.75) is 33.6 Å². The molecule has 0 unspecified atom stereocenters. The van der Waals surface area contributed by atoms with Gasteiger partial charge in [-0.25, -0.2) is 9.97 Å². The molecule has 150 valence electrons. The molecule has 2 aromatic carbocycles. The van der Waals surface area contributed by atoms with Crippen LogP contribution in [0.2, 0.25) is 0 Å². The normalized spacial score (nSPS) is 10.7. The van der Waals surface area contributed by atoms with E-state index in [0.29, 0.717) is 29.0 Å². The van der Waals surface area contributed by atoms with E-state index in [9.17, 15) is 4.79 Å². The summed E-state index contributed by atoms with van der Waals surface area (Å²) in [5, 5.41) is 6.24. The van der Waals surface area contributed by atoms with Crippen LogP contribution in [0.3, 0.4) is 0 Å². The highest BCUT2D eigenvalue weighted by Gasteiger charge is 2.15. The maximum absolute atomic E-state index is 12.8. The molecule has 0 bridgehead atoms. The molecule has 0 fully saturated rings. The number of amides is 1. The lowest BCUT2D eigenvalue weighted by molar-refractivity contribution is 0.102. The van der Waals surface area contributed by atoms with E-state index in [1.807, 2.05) is 18.2 Å². The number of rotatable bonds is 6. The standard InChI is InChI=1S/C23H26N4O2/c1-14(2)17-10-8-9-15(3)22(17)27-21-13-19(24-16(4)25-21)23(28)26-18-11-6-7-12-20(18)29-5/h6-14H,1-5H3,(H,26,28)(H,24,25,27). The second-order valence-electron chi connectivity index (χ2n) is 7.16. The van der Waals surface area contributed by atoms with Crippen LogP contribution in [-0.4, -0.2) is 23.0 Å². The minimum Gasteiger partial charge on any atom is -0.495 e. The summed E-state index contributed by atoms with van der Waals surface area (Å²) in [5.74, 6) is 1.72. The molecule has 0 aliphatic heterocycles. The molecule has 6 heteroatoms. The molecule has 0 radical (unpaired) electrons. The minimum atomic E-state index is -0.322. The van der Waals surface area contributed by atoms with E-state index >= 15 is 0 Å². The van der Waals surface area contributed by atoms with Gasteiger partial charge in [-0.3, -0.25) is 4.79 Å². The lowest BCUT2D eigenvalue weighted by Crippen LogP contribution is -2.16. The van der Waals surface area contributed by atoms with Gasteiger partial charge in [-0.05, 0) is 43.0 Å². The molecule has 1 aromatic heterocycles. The number of hydrogen-bond donors (Lipinski definition) is 2. The number of aromatic nitrogens is 2. The number of methoxy groups -OCH3 is 1. The predicted molar refractivity (Wildman–Crippen MR) is 116 cm³/mol. The first-order valence-corrected chi connectivity index (χ1v) is 9.55. The summed E-state index contributed by atoms with van der Waals surface area (Å²) in [5.41, 5.74) is 4.20. The first kappa shape index (κ1) is 20.3. The Morgan fingerprint density at radius 3 is 2.52 bits per heavy atom. The highest BCUT2D eigenvalue weighted by atomic mass is 16.5. The van der Waals surface area contributed by atoms with E-state index in [2.05, 4.69) is 53.5 Å². The van der Waals surface area contributed by atoms with Crippen LogP contribution in [0.15, 0.2) is 48.5 Å². The number of benzene rings is 2. The average Bonchev–Trinajstić information content (AvgIpc) is 2.69. The fraction of sp³-hybridized carbons (Fsp3) is 0.261. The Kier molecular flexibility index (Phi) is 6.12. The number of carbonyl (C=O) groups is 1. The van der Waals surface area contributed by atoms with Gasteiger partial charge in [0.2, 0.25) is 0 Å². The Hall–Kier alpha value is -3.41. The highest BCUT2D eigenvalue weighted by molar-refractivity contribution is 6.04. The summed E-state index contributed by atoms with van der Waals surface area (Å²) in [6, 6.07) is 15.1. The van der Waals surface area contributed by atoms with Gasteiger partial charge in [0, 0.05) is 11.8 Å². The van der Waals surface area contributed by atoms with E-state index in [4.69, 9.17) is 4.74 Å². The van der Waals surface area contributed by atoms with Crippen molar-refractivity contribution in [1.29, 1.82) is 0 Å². The lowest BCUT2D eigenvalue weighted by atomic mass is 9.98. The summed E-state index contributed by atoms with van der Waals surface area (Å²) < 4.78 is 5.30. The number of para-hydroxylation sites is 3. The average molecular weight is 390 g/mol. The number of ether oxygens (including phenoxy) is 1. The molecule has 0 saturated carbocycles. The summed E-state index contributed by atoms with van der Waals surface area (Å²) in [6.07, 6.45) is 0. The van der Waals surface area contributed by atoms with Gasteiger partial charge in [-0.15, -0.1) is 0 Å². The Morgan fingerprint density at radius 1 is 1.03 bits per heavy atom. The van der Waals surface area contributed by atoms with Crippen LogP contribution in [0.5, 0.6) is 5.75 Å². The molecule has 0 atom stereocenters. The maximum atomic E-state index is 12.8. The van der Waals surface area contributed by atoms with Gasteiger partial charge in [0.25, 0.3) is 5.91 Å². The van der Waals surface area contributed by atoms with E-state index < -0.39 is 0 Å². The Bertz CT molecular complexity index is 1030. The second-order valence-corrected chi connectivity index (χ2v) is 7.16. The molecular weight excluding hydrogens is 364 g/mol. The fourth-order valence-electron chi connectivity index (χ4n) is 3.15. The molecule has 0 aliphatic rings. The lowest BCUT2D eigenvalue weighted by Gasteiger charge is -2.17. The molecule has 3 rings (SSSR count). The fourth-order valence-corrected chi connectivity index (χ4v) is 3.15. The second kappa shape index (κ2) is 8.73. The first-order valence-electron chi connectivity index (χ1n) is 9.55. The van der Waals surface area contributed by atoms with Gasteiger partial charge in [-0.1, -0.05) is 44.2 Å². The van der Waals surface area contributed by atoms with Crippen LogP contribution >= 0.6 is 0 Å². The topological polar surface area (TPSA) is 76.1 Å². The van der Waals surface area contributed by atoms with Crippen LogP contribution in [0.4, 0.5) is 17.2 Å². The van der Waals surface area contributed by atoms with Crippen molar-refractivity contribution in [2.75, 3.05) is 17.7 Å². The Morgan fingerprint density at radius 2 is 1.79 bits per heavy atom. The van der Waals surface area contributed by atoms with Crippen molar-refractivity contribution < 1.29 is 9.53 Å². The van der Waals surface area contributed by atoms with E-state index in [0.717, 1.165) is 11.3 Å². The monoisotopic (exact) mass is 390 g/mol. The molecule has 6 nitrogen and oxygen atoms in total. The van der Waals surface area contributed by atoms with Gasteiger partial charge in [-0.2, -0.15) is 0 Å². The van der Waals surface area contributed by atoms with Crippen LogP contribution in [-0.2, 0) is 0 Å². The molecule has 1 amide bonds. The molecule has 0 saturated heterocycles. The molecule has 1 heterocycles. The predicted octanol–water partition coefficient (Wildman–Crippen LogP) is 5.22.